The van der Waals surface area contributed by atoms with Crippen LogP contribution < -0.4 is 5.73 Å². The molecule has 5 nitrogen and oxygen atoms in total. The Labute approximate surface area is 186 Å². The topological polar surface area (TPSA) is 78.6 Å². The molecule has 1 aromatic rings. The Kier molecular flexibility index (Phi) is 6.25. The van der Waals surface area contributed by atoms with Gasteiger partial charge in [0, 0.05) is 0 Å². The van der Waals surface area contributed by atoms with Crippen LogP contribution in [-0.2, 0) is 19.1 Å². The first kappa shape index (κ1) is 23.7. The number of rotatable bonds is 4. The normalized spacial score (nSPS) is 29.1. The van der Waals surface area contributed by atoms with Gasteiger partial charge in [-0.05, 0) is 70.6 Å². The van der Waals surface area contributed by atoms with Crippen molar-refractivity contribution in [1.82, 2.24) is 0 Å². The van der Waals surface area contributed by atoms with Crippen molar-refractivity contribution >= 4 is 17.3 Å². The van der Waals surface area contributed by atoms with Crippen molar-refractivity contribution in [3.63, 3.8) is 0 Å². The molecule has 31 heavy (non-hydrogen) atoms. The molecule has 5 heteroatoms. The second kappa shape index (κ2) is 8.18. The lowest BCUT2D eigenvalue weighted by atomic mass is 9.74. The first-order valence-corrected chi connectivity index (χ1v) is 11.6. The minimum absolute atomic E-state index is 0.151. The van der Waals surface area contributed by atoms with Crippen LogP contribution in [0.1, 0.15) is 76.1 Å². The van der Waals surface area contributed by atoms with E-state index in [1.54, 1.807) is 0 Å². The zero-order valence-corrected chi connectivity index (χ0v) is 20.2. The summed E-state index contributed by atoms with van der Waals surface area (Å²) in [5.41, 5.74) is 9.40. The minimum atomic E-state index is -1.14. The molecule has 0 spiro atoms. The highest BCUT2D eigenvalue weighted by Crippen LogP contribution is 2.56. The lowest BCUT2D eigenvalue weighted by Gasteiger charge is -2.32. The Bertz CT molecular complexity index is 922. The summed E-state index contributed by atoms with van der Waals surface area (Å²) >= 11 is 0. The summed E-state index contributed by atoms with van der Waals surface area (Å²) in [6.07, 6.45) is 1.75. The van der Waals surface area contributed by atoms with Crippen LogP contribution in [0.3, 0.4) is 0 Å². The number of aryl methyl sites for hydroxylation is 3. The molecule has 1 aliphatic carbocycles. The van der Waals surface area contributed by atoms with Gasteiger partial charge in [-0.1, -0.05) is 38.5 Å². The van der Waals surface area contributed by atoms with Gasteiger partial charge in [0.25, 0.3) is 0 Å². The van der Waals surface area contributed by atoms with Gasteiger partial charge < -0.3 is 15.2 Å². The zero-order valence-electron chi connectivity index (χ0n) is 20.2. The third-order valence-corrected chi connectivity index (χ3v) is 7.19. The fourth-order valence-electron chi connectivity index (χ4n) is 5.23. The Hall–Kier alpha value is -1.98. The predicted molar refractivity (Wildman–Crippen MR) is 122 cm³/mol. The average Bonchev–Trinajstić information content (AvgIpc) is 3.36. The number of carbonyl (C=O) groups is 2. The molecular weight excluding hydrogens is 390 g/mol. The fourth-order valence-corrected chi connectivity index (χ4v) is 5.23. The highest BCUT2D eigenvalue weighted by molar-refractivity contribution is 6.29. The maximum absolute atomic E-state index is 13.7. The van der Waals surface area contributed by atoms with E-state index >= 15 is 0 Å². The van der Waals surface area contributed by atoms with E-state index in [1.165, 1.54) is 0 Å². The lowest BCUT2D eigenvalue weighted by molar-refractivity contribution is -0.150. The van der Waals surface area contributed by atoms with E-state index in [0.29, 0.717) is 17.8 Å². The zero-order chi connectivity index (χ0) is 23.3. The molecule has 4 rings (SSSR count). The average molecular weight is 428 g/mol. The molecule has 3 aliphatic rings. The van der Waals surface area contributed by atoms with Crippen LogP contribution in [0, 0.1) is 32.1 Å². The van der Waals surface area contributed by atoms with Crippen LogP contribution in [-0.4, -0.2) is 29.5 Å². The summed E-state index contributed by atoms with van der Waals surface area (Å²) in [6.45, 7) is 15.7. The molecular formula is C26H37NO4. The number of ether oxygens (including phenoxy) is 2. The largest absolute Gasteiger partial charge is 0.429 e. The fraction of sp³-hybridized carbons (Fsp3) is 0.615. The SMILES string of the molecule is CC.CCC(C)(C)C(=O)OC1=C(c2c(C)cc(C)cc2C)C(=O)[C@]2(N)C3CCC(O3)[C@H]12. The van der Waals surface area contributed by atoms with Crippen molar-refractivity contribution in [3.05, 3.63) is 40.1 Å². The predicted octanol–water partition coefficient (Wildman–Crippen LogP) is 4.79. The Balaban J connectivity index is 0.00000132. The highest BCUT2D eigenvalue weighted by atomic mass is 16.6. The van der Waals surface area contributed by atoms with Gasteiger partial charge in [0.15, 0.2) is 5.78 Å². The standard InChI is InChI=1S/C24H31NO4.C2H6/c1-7-23(5,6)22(27)29-20-18(17-13(3)10-12(2)11-14(17)4)21(26)24(25)16-9-8-15(28-16)19(20)24;1-2/h10-11,15-16,19H,7-9,25H2,1-6H3;1-2H3/t15?,16?,19-,24+;/m1./s1. The molecule has 1 aromatic carbocycles. The summed E-state index contributed by atoms with van der Waals surface area (Å²) in [5.74, 6) is -0.455. The molecule has 2 heterocycles. The van der Waals surface area contributed by atoms with Gasteiger partial charge in [-0.15, -0.1) is 0 Å². The molecule has 2 fully saturated rings. The number of hydrogen-bond donors (Lipinski definition) is 1. The third-order valence-electron chi connectivity index (χ3n) is 7.19. The van der Waals surface area contributed by atoms with Gasteiger partial charge in [0.2, 0.25) is 0 Å². The molecule has 2 bridgehead atoms. The van der Waals surface area contributed by atoms with Crippen molar-refractivity contribution in [2.24, 2.45) is 17.1 Å². The van der Waals surface area contributed by atoms with Gasteiger partial charge >= 0.3 is 5.97 Å². The van der Waals surface area contributed by atoms with Gasteiger partial charge in [-0.25, -0.2) is 0 Å². The Morgan fingerprint density at radius 1 is 1.19 bits per heavy atom. The monoisotopic (exact) mass is 427 g/mol. The van der Waals surface area contributed by atoms with E-state index in [9.17, 15) is 9.59 Å². The van der Waals surface area contributed by atoms with Gasteiger partial charge in [0.05, 0.1) is 29.1 Å². The first-order valence-electron chi connectivity index (χ1n) is 11.6. The van der Waals surface area contributed by atoms with Gasteiger partial charge in [0.1, 0.15) is 11.3 Å². The van der Waals surface area contributed by atoms with Crippen LogP contribution >= 0.6 is 0 Å². The third kappa shape index (κ3) is 3.46. The molecule has 0 radical (unpaired) electrons. The van der Waals surface area contributed by atoms with E-state index in [0.717, 1.165) is 35.1 Å². The number of ketones is 1. The minimum Gasteiger partial charge on any atom is -0.429 e. The number of benzene rings is 1. The van der Waals surface area contributed by atoms with Crippen LogP contribution in [0.2, 0.25) is 0 Å². The molecule has 170 valence electrons. The van der Waals surface area contributed by atoms with Crippen LogP contribution in [0.25, 0.3) is 5.57 Å². The second-order valence-electron chi connectivity index (χ2n) is 9.62. The lowest BCUT2D eigenvalue weighted by Crippen LogP contribution is -2.58. The summed E-state index contributed by atoms with van der Waals surface area (Å²) < 4.78 is 12.1. The molecule has 4 atom stereocenters. The maximum atomic E-state index is 13.7. The number of Topliss-reactive ketones (excluding diaryl/α,β-unsaturated/α-hetero) is 1. The van der Waals surface area contributed by atoms with Crippen molar-refractivity contribution in [1.29, 1.82) is 0 Å². The first-order chi connectivity index (χ1) is 14.5. The molecule has 0 saturated carbocycles. The molecule has 2 saturated heterocycles. The van der Waals surface area contributed by atoms with E-state index < -0.39 is 16.9 Å². The summed E-state index contributed by atoms with van der Waals surface area (Å²) in [4.78, 5) is 26.8. The van der Waals surface area contributed by atoms with Crippen LogP contribution in [0.4, 0.5) is 0 Å². The van der Waals surface area contributed by atoms with E-state index in [4.69, 9.17) is 15.2 Å². The summed E-state index contributed by atoms with van der Waals surface area (Å²) in [6, 6.07) is 4.11. The Morgan fingerprint density at radius 3 is 2.32 bits per heavy atom. The van der Waals surface area contributed by atoms with Crippen molar-refractivity contribution in [2.75, 3.05) is 0 Å². The van der Waals surface area contributed by atoms with Gasteiger partial charge in [-0.2, -0.15) is 0 Å². The second-order valence-corrected chi connectivity index (χ2v) is 9.62. The quantitative estimate of drug-likeness (QED) is 0.699. The van der Waals surface area contributed by atoms with E-state index in [1.807, 2.05) is 55.4 Å². The number of esters is 1. The van der Waals surface area contributed by atoms with Crippen molar-refractivity contribution < 1.29 is 19.1 Å². The summed E-state index contributed by atoms with van der Waals surface area (Å²) in [7, 11) is 0. The van der Waals surface area contributed by atoms with Crippen LogP contribution in [0.15, 0.2) is 17.9 Å². The van der Waals surface area contributed by atoms with Crippen molar-refractivity contribution in [3.8, 4) is 0 Å². The van der Waals surface area contributed by atoms with Crippen LogP contribution in [0.5, 0.6) is 0 Å². The molecule has 0 amide bonds. The molecule has 2 aliphatic heterocycles. The Morgan fingerprint density at radius 2 is 1.77 bits per heavy atom. The van der Waals surface area contributed by atoms with Crippen molar-refractivity contribution in [2.45, 2.75) is 92.4 Å². The van der Waals surface area contributed by atoms with E-state index in [2.05, 4.69) is 12.1 Å². The smallest absolute Gasteiger partial charge is 0.316 e. The van der Waals surface area contributed by atoms with Gasteiger partial charge in [-0.3, -0.25) is 9.59 Å². The summed E-state index contributed by atoms with van der Waals surface area (Å²) in [5, 5.41) is 0. The highest BCUT2D eigenvalue weighted by Gasteiger charge is 2.68. The number of hydrogen-bond acceptors (Lipinski definition) is 5. The molecule has 2 N–H and O–H groups in total. The van der Waals surface area contributed by atoms with E-state index in [-0.39, 0.29) is 24.0 Å². The number of fused-ring (bicyclic) bond motifs is 5. The maximum Gasteiger partial charge on any atom is 0.316 e. The number of carbonyl (C=O) groups excluding carboxylic acids is 2. The molecule has 0 aromatic heterocycles. The number of nitrogens with two attached hydrogens (primary N) is 1. The molecule has 2 unspecified atom stereocenters.